The van der Waals surface area contributed by atoms with Gasteiger partial charge in [-0.1, -0.05) is 18.2 Å². The zero-order chi connectivity index (χ0) is 20.3. The van der Waals surface area contributed by atoms with Crippen molar-refractivity contribution in [3.05, 3.63) is 58.7 Å². The molecule has 2 N–H and O–H groups in total. The SMILES string of the molecule is COC(=O)Oc1cc(C)c(C[C@@H](N)C(=O)N2CCCc3ccccc32)c(C)c1. The Bertz CT molecular complexity index is 871. The van der Waals surface area contributed by atoms with Crippen LogP contribution in [0, 0.1) is 13.8 Å². The van der Waals surface area contributed by atoms with Gasteiger partial charge in [-0.25, -0.2) is 4.79 Å². The molecule has 0 saturated carbocycles. The van der Waals surface area contributed by atoms with Crippen LogP contribution in [0.25, 0.3) is 0 Å². The molecule has 1 amide bonds. The lowest BCUT2D eigenvalue weighted by Gasteiger charge is -2.31. The highest BCUT2D eigenvalue weighted by Gasteiger charge is 2.27. The smallest absolute Gasteiger partial charge is 0.437 e. The van der Waals surface area contributed by atoms with Gasteiger partial charge in [-0.3, -0.25) is 4.79 Å². The number of carbonyl (C=O) groups is 2. The summed E-state index contributed by atoms with van der Waals surface area (Å²) in [4.78, 5) is 26.2. The Balaban J connectivity index is 1.77. The van der Waals surface area contributed by atoms with Crippen molar-refractivity contribution in [1.82, 2.24) is 0 Å². The Hall–Kier alpha value is -2.86. The predicted molar refractivity (Wildman–Crippen MR) is 108 cm³/mol. The molecule has 0 radical (unpaired) electrons. The van der Waals surface area contributed by atoms with Gasteiger partial charge in [0.1, 0.15) is 5.75 Å². The van der Waals surface area contributed by atoms with E-state index < -0.39 is 12.2 Å². The third-order valence-electron chi connectivity index (χ3n) is 5.15. The Kier molecular flexibility index (Phi) is 5.99. The number of nitrogens with two attached hydrogens (primary N) is 1. The monoisotopic (exact) mass is 382 g/mol. The van der Waals surface area contributed by atoms with Crippen LogP contribution in [0.4, 0.5) is 10.5 Å². The number of hydrogen-bond acceptors (Lipinski definition) is 5. The van der Waals surface area contributed by atoms with Crippen LogP contribution in [0.5, 0.6) is 5.75 Å². The third kappa shape index (κ3) is 4.17. The van der Waals surface area contributed by atoms with E-state index in [-0.39, 0.29) is 5.91 Å². The predicted octanol–water partition coefficient (Wildman–Crippen LogP) is 3.30. The minimum absolute atomic E-state index is 0.0687. The second kappa shape index (κ2) is 8.44. The molecular formula is C22H26N2O4. The van der Waals surface area contributed by atoms with Gasteiger partial charge in [0.2, 0.25) is 5.91 Å². The molecule has 0 fully saturated rings. The lowest BCUT2D eigenvalue weighted by atomic mass is 9.94. The van der Waals surface area contributed by atoms with E-state index in [1.54, 1.807) is 12.1 Å². The highest BCUT2D eigenvalue weighted by Crippen LogP contribution is 2.28. The summed E-state index contributed by atoms with van der Waals surface area (Å²) in [6.45, 7) is 4.52. The summed E-state index contributed by atoms with van der Waals surface area (Å²) >= 11 is 0. The molecule has 0 unspecified atom stereocenters. The van der Waals surface area contributed by atoms with Gasteiger partial charge in [-0.05, 0) is 73.6 Å². The van der Waals surface area contributed by atoms with Crippen molar-refractivity contribution < 1.29 is 19.1 Å². The zero-order valence-corrected chi connectivity index (χ0v) is 16.5. The van der Waals surface area contributed by atoms with Crippen molar-refractivity contribution in [1.29, 1.82) is 0 Å². The van der Waals surface area contributed by atoms with Gasteiger partial charge in [0.15, 0.2) is 0 Å². The number of benzene rings is 2. The number of ether oxygens (including phenoxy) is 2. The third-order valence-corrected chi connectivity index (χ3v) is 5.15. The summed E-state index contributed by atoms with van der Waals surface area (Å²) in [5.41, 5.74) is 11.3. The van der Waals surface area contributed by atoms with Crippen LogP contribution in [-0.2, 0) is 22.4 Å². The molecule has 1 aliphatic rings. The summed E-state index contributed by atoms with van der Waals surface area (Å²) in [6.07, 6.45) is 1.58. The van der Waals surface area contributed by atoms with Crippen LogP contribution in [0.15, 0.2) is 36.4 Å². The maximum Gasteiger partial charge on any atom is 0.513 e. The van der Waals surface area contributed by atoms with Crippen LogP contribution in [0.2, 0.25) is 0 Å². The van der Waals surface area contributed by atoms with E-state index in [1.807, 2.05) is 36.9 Å². The first-order valence-electron chi connectivity index (χ1n) is 9.41. The molecule has 0 saturated heterocycles. The molecular weight excluding hydrogens is 356 g/mol. The maximum absolute atomic E-state index is 13.1. The minimum atomic E-state index is -0.762. The van der Waals surface area contributed by atoms with Gasteiger partial charge in [0.05, 0.1) is 13.2 Å². The number of methoxy groups -OCH3 is 1. The Morgan fingerprint density at radius 1 is 1.18 bits per heavy atom. The zero-order valence-electron chi connectivity index (χ0n) is 16.5. The highest BCUT2D eigenvalue weighted by molar-refractivity contribution is 5.98. The first-order chi connectivity index (χ1) is 13.4. The lowest BCUT2D eigenvalue weighted by Crippen LogP contribution is -2.47. The van der Waals surface area contributed by atoms with Gasteiger partial charge in [0, 0.05) is 12.2 Å². The first-order valence-corrected chi connectivity index (χ1v) is 9.41. The van der Waals surface area contributed by atoms with Gasteiger partial charge < -0.3 is 20.1 Å². The molecule has 6 nitrogen and oxygen atoms in total. The van der Waals surface area contributed by atoms with Crippen molar-refractivity contribution in [3.8, 4) is 5.75 Å². The van der Waals surface area contributed by atoms with Crippen LogP contribution in [-0.4, -0.2) is 31.8 Å². The number of para-hydroxylation sites is 1. The summed E-state index contributed by atoms with van der Waals surface area (Å²) in [5, 5.41) is 0. The molecule has 0 bridgehead atoms. The summed E-state index contributed by atoms with van der Waals surface area (Å²) < 4.78 is 9.62. The Morgan fingerprint density at radius 2 is 1.86 bits per heavy atom. The van der Waals surface area contributed by atoms with E-state index in [4.69, 9.17) is 10.5 Å². The van der Waals surface area contributed by atoms with Crippen LogP contribution in [0.3, 0.4) is 0 Å². The van der Waals surface area contributed by atoms with E-state index in [2.05, 4.69) is 10.8 Å². The van der Waals surface area contributed by atoms with Crippen molar-refractivity contribution in [2.75, 3.05) is 18.6 Å². The number of nitrogens with zero attached hydrogens (tertiary/aromatic N) is 1. The van der Waals surface area contributed by atoms with Crippen LogP contribution >= 0.6 is 0 Å². The fourth-order valence-electron chi connectivity index (χ4n) is 3.74. The molecule has 6 heteroatoms. The molecule has 2 aromatic rings. The van der Waals surface area contributed by atoms with E-state index in [0.717, 1.165) is 35.2 Å². The van der Waals surface area contributed by atoms with Crippen molar-refractivity contribution in [2.45, 2.75) is 39.2 Å². The second-order valence-corrected chi connectivity index (χ2v) is 7.12. The average molecular weight is 382 g/mol. The van der Waals surface area contributed by atoms with Crippen molar-refractivity contribution in [3.63, 3.8) is 0 Å². The summed E-state index contributed by atoms with van der Waals surface area (Å²) in [7, 11) is 1.26. The minimum Gasteiger partial charge on any atom is -0.437 e. The number of carbonyl (C=O) groups excluding carboxylic acids is 2. The average Bonchev–Trinajstić information content (AvgIpc) is 2.69. The lowest BCUT2D eigenvalue weighted by molar-refractivity contribution is -0.119. The number of hydrogen-bond donors (Lipinski definition) is 1. The standard InChI is InChI=1S/C22H26N2O4/c1-14-11-17(28-22(26)27-3)12-15(2)18(14)13-19(23)21(25)24-10-6-8-16-7-4-5-9-20(16)24/h4-5,7,9,11-12,19H,6,8,10,13,23H2,1-3H3/t19-/m1/s1. The molecule has 28 heavy (non-hydrogen) atoms. The van der Waals surface area contributed by atoms with E-state index in [1.165, 1.54) is 12.7 Å². The molecule has 1 heterocycles. The molecule has 0 aliphatic carbocycles. The van der Waals surface area contributed by atoms with Gasteiger partial charge >= 0.3 is 6.16 Å². The van der Waals surface area contributed by atoms with Gasteiger partial charge in [0.25, 0.3) is 0 Å². The molecule has 0 aromatic heterocycles. The maximum atomic E-state index is 13.1. The normalized spacial score (nSPS) is 14.2. The quantitative estimate of drug-likeness (QED) is 0.648. The number of aryl methyl sites for hydroxylation is 3. The topological polar surface area (TPSA) is 81.9 Å². The molecule has 148 valence electrons. The first kappa shape index (κ1) is 19.9. The highest BCUT2D eigenvalue weighted by atomic mass is 16.7. The molecule has 1 aliphatic heterocycles. The van der Waals surface area contributed by atoms with Crippen LogP contribution < -0.4 is 15.4 Å². The largest absolute Gasteiger partial charge is 0.513 e. The molecule has 0 spiro atoms. The summed E-state index contributed by atoms with van der Waals surface area (Å²) in [5.74, 6) is 0.344. The number of anilines is 1. The molecule has 2 aromatic carbocycles. The molecule has 3 rings (SSSR count). The van der Waals surface area contributed by atoms with Gasteiger partial charge in [-0.15, -0.1) is 0 Å². The van der Waals surface area contributed by atoms with E-state index in [0.29, 0.717) is 18.7 Å². The van der Waals surface area contributed by atoms with Crippen molar-refractivity contribution >= 4 is 17.7 Å². The van der Waals surface area contributed by atoms with Gasteiger partial charge in [-0.2, -0.15) is 0 Å². The Labute approximate surface area is 165 Å². The second-order valence-electron chi connectivity index (χ2n) is 7.12. The number of fused-ring (bicyclic) bond motifs is 1. The van der Waals surface area contributed by atoms with E-state index >= 15 is 0 Å². The number of amides is 1. The molecule has 1 atom stereocenters. The van der Waals surface area contributed by atoms with Crippen molar-refractivity contribution in [2.24, 2.45) is 5.73 Å². The fraction of sp³-hybridized carbons (Fsp3) is 0.364. The van der Waals surface area contributed by atoms with Crippen LogP contribution in [0.1, 0.15) is 28.7 Å². The summed E-state index contributed by atoms with van der Waals surface area (Å²) in [6, 6.07) is 10.9. The van der Waals surface area contributed by atoms with E-state index in [9.17, 15) is 9.59 Å². The Morgan fingerprint density at radius 3 is 2.54 bits per heavy atom. The fourth-order valence-corrected chi connectivity index (χ4v) is 3.74. The number of rotatable bonds is 4.